The number of sulfonamides is 1. The first-order chi connectivity index (χ1) is 9.86. The molecule has 1 aliphatic carbocycles. The number of methoxy groups -OCH3 is 1. The molecule has 0 atom stereocenters. The van der Waals surface area contributed by atoms with E-state index in [1.54, 1.807) is 18.2 Å². The van der Waals surface area contributed by atoms with Gasteiger partial charge < -0.3 is 4.74 Å². The summed E-state index contributed by atoms with van der Waals surface area (Å²) in [6.45, 7) is 2.64. The fourth-order valence-corrected chi connectivity index (χ4v) is 4.69. The van der Waals surface area contributed by atoms with Crippen LogP contribution in [-0.4, -0.2) is 22.1 Å². The van der Waals surface area contributed by atoms with Crippen molar-refractivity contribution < 1.29 is 13.2 Å². The van der Waals surface area contributed by atoms with E-state index >= 15 is 0 Å². The van der Waals surface area contributed by atoms with Gasteiger partial charge in [-0.15, -0.1) is 0 Å². The second-order valence-electron chi connectivity index (χ2n) is 5.99. The fourth-order valence-electron chi connectivity index (χ4n) is 2.79. The zero-order chi connectivity index (χ0) is 15.5. The molecule has 1 N–H and O–H groups in total. The summed E-state index contributed by atoms with van der Waals surface area (Å²) in [7, 11) is -2.09. The Morgan fingerprint density at radius 2 is 1.95 bits per heavy atom. The minimum absolute atomic E-state index is 0.0601. The van der Waals surface area contributed by atoms with Crippen LogP contribution in [0.15, 0.2) is 27.6 Å². The average molecular weight is 376 g/mol. The Morgan fingerprint density at radius 1 is 1.29 bits per heavy atom. The number of ether oxygens (including phenoxy) is 1. The van der Waals surface area contributed by atoms with Crippen LogP contribution in [0.5, 0.6) is 5.75 Å². The Morgan fingerprint density at radius 3 is 2.57 bits per heavy atom. The highest BCUT2D eigenvalue weighted by atomic mass is 79.9. The highest BCUT2D eigenvalue weighted by Gasteiger charge is 2.29. The highest BCUT2D eigenvalue weighted by Crippen LogP contribution is 2.35. The lowest BCUT2D eigenvalue weighted by Crippen LogP contribution is -2.37. The first-order valence-corrected chi connectivity index (χ1v) is 9.47. The van der Waals surface area contributed by atoms with Crippen LogP contribution in [0.3, 0.4) is 0 Å². The maximum Gasteiger partial charge on any atom is 0.244 e. The largest absolute Gasteiger partial charge is 0.495 e. The molecule has 0 bridgehead atoms. The Bertz CT molecular complexity index is 595. The van der Waals surface area contributed by atoms with Crippen LogP contribution in [0.4, 0.5) is 0 Å². The first kappa shape index (κ1) is 16.8. The van der Waals surface area contributed by atoms with Crippen molar-refractivity contribution in [1.29, 1.82) is 0 Å². The smallest absolute Gasteiger partial charge is 0.244 e. The second-order valence-corrected chi connectivity index (χ2v) is 8.64. The van der Waals surface area contributed by atoms with Gasteiger partial charge in [0.15, 0.2) is 0 Å². The van der Waals surface area contributed by atoms with Crippen molar-refractivity contribution >= 4 is 26.0 Å². The van der Waals surface area contributed by atoms with Crippen molar-refractivity contribution in [2.24, 2.45) is 5.41 Å². The zero-order valence-electron chi connectivity index (χ0n) is 12.5. The summed E-state index contributed by atoms with van der Waals surface area (Å²) in [4.78, 5) is 0.179. The molecule has 118 valence electrons. The van der Waals surface area contributed by atoms with E-state index in [2.05, 4.69) is 27.6 Å². The van der Waals surface area contributed by atoms with E-state index in [0.29, 0.717) is 16.8 Å². The van der Waals surface area contributed by atoms with E-state index in [1.165, 1.54) is 26.4 Å². The predicted molar refractivity (Wildman–Crippen MR) is 87.1 cm³/mol. The summed E-state index contributed by atoms with van der Waals surface area (Å²) in [5, 5.41) is 0. The van der Waals surface area contributed by atoms with Crippen LogP contribution >= 0.6 is 15.9 Å². The van der Waals surface area contributed by atoms with E-state index in [9.17, 15) is 8.42 Å². The fraction of sp³-hybridized carbons (Fsp3) is 0.600. The van der Waals surface area contributed by atoms with Crippen molar-refractivity contribution in [3.05, 3.63) is 22.7 Å². The maximum atomic E-state index is 12.5. The standard InChI is InChI=1S/C15H22BrNO3S/c1-15(8-4-3-5-9-15)11-17-21(18,19)14-10-12(16)6-7-13(14)20-2/h6-7,10,17H,3-5,8-9,11H2,1-2H3. The van der Waals surface area contributed by atoms with Crippen LogP contribution in [0.2, 0.25) is 0 Å². The molecule has 1 saturated carbocycles. The van der Waals surface area contributed by atoms with Crippen molar-refractivity contribution in [3.8, 4) is 5.75 Å². The van der Waals surface area contributed by atoms with Gasteiger partial charge in [0.05, 0.1) is 7.11 Å². The molecule has 0 aromatic heterocycles. The summed E-state index contributed by atoms with van der Waals surface area (Å²) in [6.07, 6.45) is 5.76. The van der Waals surface area contributed by atoms with Crippen LogP contribution < -0.4 is 9.46 Å². The number of halogens is 1. The summed E-state index contributed by atoms with van der Waals surface area (Å²) in [5.74, 6) is 0.361. The third kappa shape index (κ3) is 4.20. The number of nitrogens with one attached hydrogen (secondary N) is 1. The van der Waals surface area contributed by atoms with Crippen LogP contribution in [0.1, 0.15) is 39.0 Å². The van der Waals surface area contributed by atoms with Gasteiger partial charge in [-0.3, -0.25) is 0 Å². The molecule has 0 aliphatic heterocycles. The third-order valence-corrected chi connectivity index (χ3v) is 6.08. The topological polar surface area (TPSA) is 55.4 Å². The first-order valence-electron chi connectivity index (χ1n) is 7.20. The Balaban J connectivity index is 2.17. The lowest BCUT2D eigenvalue weighted by Gasteiger charge is -2.33. The molecular formula is C15H22BrNO3S. The van der Waals surface area contributed by atoms with Crippen molar-refractivity contribution in [2.75, 3.05) is 13.7 Å². The third-order valence-electron chi connectivity index (χ3n) is 4.16. The molecular weight excluding hydrogens is 354 g/mol. The Hall–Kier alpha value is -0.590. The minimum Gasteiger partial charge on any atom is -0.495 e. The molecule has 1 aromatic rings. The van der Waals surface area contributed by atoms with Gasteiger partial charge in [-0.05, 0) is 36.5 Å². The predicted octanol–water partition coefficient (Wildman–Crippen LogP) is 3.71. The lowest BCUT2D eigenvalue weighted by atomic mass is 9.76. The van der Waals surface area contributed by atoms with Gasteiger partial charge in [-0.25, -0.2) is 13.1 Å². The molecule has 2 rings (SSSR count). The molecule has 0 amide bonds. The van der Waals surface area contributed by atoms with Gasteiger partial charge in [0.25, 0.3) is 0 Å². The van der Waals surface area contributed by atoms with Gasteiger partial charge in [-0.2, -0.15) is 0 Å². The molecule has 0 unspecified atom stereocenters. The average Bonchev–Trinajstić information content (AvgIpc) is 2.46. The number of rotatable bonds is 5. The zero-order valence-corrected chi connectivity index (χ0v) is 14.9. The highest BCUT2D eigenvalue weighted by molar-refractivity contribution is 9.10. The molecule has 1 aromatic carbocycles. The molecule has 0 spiro atoms. The van der Waals surface area contributed by atoms with E-state index in [4.69, 9.17) is 4.74 Å². The molecule has 0 saturated heterocycles. The van der Waals surface area contributed by atoms with Gasteiger partial charge >= 0.3 is 0 Å². The molecule has 1 fully saturated rings. The second kappa shape index (κ2) is 6.67. The molecule has 6 heteroatoms. The maximum absolute atomic E-state index is 12.5. The number of hydrogen-bond acceptors (Lipinski definition) is 3. The molecule has 1 aliphatic rings. The van der Waals surface area contributed by atoms with Gasteiger partial charge in [-0.1, -0.05) is 42.1 Å². The Labute approximate surface area is 135 Å². The van der Waals surface area contributed by atoms with Crippen LogP contribution in [-0.2, 0) is 10.0 Å². The number of benzene rings is 1. The van der Waals surface area contributed by atoms with Gasteiger partial charge in [0.2, 0.25) is 10.0 Å². The summed E-state index contributed by atoms with van der Waals surface area (Å²) in [6, 6.07) is 4.99. The van der Waals surface area contributed by atoms with Crippen LogP contribution in [0.25, 0.3) is 0 Å². The number of hydrogen-bond donors (Lipinski definition) is 1. The summed E-state index contributed by atoms with van der Waals surface area (Å²) < 4.78 is 33.7. The monoisotopic (exact) mass is 375 g/mol. The lowest BCUT2D eigenvalue weighted by molar-refractivity contribution is 0.219. The van der Waals surface area contributed by atoms with E-state index in [1.807, 2.05) is 0 Å². The normalized spacial score (nSPS) is 18.4. The van der Waals surface area contributed by atoms with E-state index in [0.717, 1.165) is 12.8 Å². The van der Waals surface area contributed by atoms with Crippen molar-refractivity contribution in [1.82, 2.24) is 4.72 Å². The SMILES string of the molecule is COc1ccc(Br)cc1S(=O)(=O)NCC1(C)CCCCC1. The molecule has 0 heterocycles. The molecule has 0 radical (unpaired) electrons. The summed E-state index contributed by atoms with van der Waals surface area (Å²) >= 11 is 3.31. The van der Waals surface area contributed by atoms with Gasteiger partial charge in [0.1, 0.15) is 10.6 Å². The summed E-state index contributed by atoms with van der Waals surface area (Å²) in [5.41, 5.74) is 0.0601. The van der Waals surface area contributed by atoms with Crippen LogP contribution in [0, 0.1) is 5.41 Å². The molecule has 4 nitrogen and oxygen atoms in total. The molecule has 21 heavy (non-hydrogen) atoms. The Kier molecular flexibility index (Phi) is 5.33. The quantitative estimate of drug-likeness (QED) is 0.853. The van der Waals surface area contributed by atoms with E-state index < -0.39 is 10.0 Å². The van der Waals surface area contributed by atoms with Gasteiger partial charge in [0, 0.05) is 11.0 Å². The van der Waals surface area contributed by atoms with Crippen molar-refractivity contribution in [3.63, 3.8) is 0 Å². The minimum atomic E-state index is -3.57. The van der Waals surface area contributed by atoms with E-state index in [-0.39, 0.29) is 10.3 Å². The van der Waals surface area contributed by atoms with Crippen molar-refractivity contribution in [2.45, 2.75) is 43.9 Å².